The molecule has 90 valence electrons. The highest BCUT2D eigenvalue weighted by atomic mass is 32.2. The van der Waals surface area contributed by atoms with Crippen molar-refractivity contribution in [2.45, 2.75) is 4.90 Å². The molecule has 0 unspecified atom stereocenters. The van der Waals surface area contributed by atoms with Crippen LogP contribution < -0.4 is 5.32 Å². The van der Waals surface area contributed by atoms with Crippen molar-refractivity contribution in [3.63, 3.8) is 0 Å². The van der Waals surface area contributed by atoms with Gasteiger partial charge in [-0.05, 0) is 24.3 Å². The van der Waals surface area contributed by atoms with Crippen LogP contribution in [0.15, 0.2) is 39.8 Å². The third kappa shape index (κ3) is 2.47. The van der Waals surface area contributed by atoms with E-state index in [1.807, 2.05) is 0 Å². The molecule has 0 aliphatic carbocycles. The highest BCUT2D eigenvalue weighted by molar-refractivity contribution is 7.90. The minimum Gasteiger partial charge on any atom is -0.424 e. The van der Waals surface area contributed by atoms with Crippen LogP contribution in [-0.4, -0.2) is 26.7 Å². The van der Waals surface area contributed by atoms with E-state index in [-0.39, 0.29) is 4.90 Å². The third-order valence-corrected chi connectivity index (χ3v) is 3.42. The second kappa shape index (κ2) is 4.21. The molecule has 0 aliphatic rings. The van der Waals surface area contributed by atoms with Crippen molar-refractivity contribution in [1.82, 2.24) is 4.98 Å². The molecule has 0 spiro atoms. The second-order valence-electron chi connectivity index (χ2n) is 3.58. The smallest absolute Gasteiger partial charge is 0.294 e. The number of nitrogens with one attached hydrogen (secondary N) is 1. The van der Waals surface area contributed by atoms with Gasteiger partial charge in [-0.25, -0.2) is 13.4 Å². The maximum Gasteiger partial charge on any atom is 0.294 e. The lowest BCUT2D eigenvalue weighted by Gasteiger charge is -1.99. The first-order chi connectivity index (χ1) is 8.00. The Hall–Kier alpha value is -1.82. The van der Waals surface area contributed by atoms with Gasteiger partial charge in [0.1, 0.15) is 0 Å². The van der Waals surface area contributed by atoms with Gasteiger partial charge in [0.05, 0.1) is 11.1 Å². The van der Waals surface area contributed by atoms with E-state index < -0.39 is 9.84 Å². The molecule has 1 aromatic carbocycles. The van der Waals surface area contributed by atoms with Gasteiger partial charge < -0.3 is 9.73 Å². The average Bonchev–Trinajstić information content (AvgIpc) is 2.76. The third-order valence-electron chi connectivity index (χ3n) is 2.29. The molecule has 0 amide bonds. The van der Waals surface area contributed by atoms with E-state index in [1.54, 1.807) is 37.5 Å². The molecule has 0 radical (unpaired) electrons. The summed E-state index contributed by atoms with van der Waals surface area (Å²) in [6.45, 7) is 0. The highest BCUT2D eigenvalue weighted by Gasteiger charge is 2.09. The Morgan fingerprint density at radius 2 is 1.88 bits per heavy atom. The van der Waals surface area contributed by atoms with Gasteiger partial charge in [-0.3, -0.25) is 0 Å². The van der Waals surface area contributed by atoms with E-state index in [0.29, 0.717) is 11.8 Å². The Morgan fingerprint density at radius 1 is 1.24 bits per heavy atom. The van der Waals surface area contributed by atoms with E-state index in [4.69, 9.17) is 4.42 Å². The van der Waals surface area contributed by atoms with Crippen molar-refractivity contribution >= 4 is 15.9 Å². The van der Waals surface area contributed by atoms with Crippen molar-refractivity contribution < 1.29 is 12.8 Å². The number of hydrogen-bond acceptors (Lipinski definition) is 5. The zero-order valence-corrected chi connectivity index (χ0v) is 10.3. The Labute approximate surface area is 99.4 Å². The van der Waals surface area contributed by atoms with Crippen molar-refractivity contribution in [3.8, 4) is 11.3 Å². The molecule has 1 heterocycles. The number of hydrogen-bond donors (Lipinski definition) is 1. The number of benzene rings is 1. The number of anilines is 1. The molecule has 0 atom stereocenters. The predicted octanol–water partition coefficient (Wildman–Crippen LogP) is 1.79. The lowest BCUT2D eigenvalue weighted by molar-refractivity contribution is 0.589. The second-order valence-corrected chi connectivity index (χ2v) is 5.59. The molecular weight excluding hydrogens is 240 g/mol. The maximum atomic E-state index is 11.3. The number of rotatable bonds is 3. The fourth-order valence-corrected chi connectivity index (χ4v) is 2.02. The molecule has 0 aliphatic heterocycles. The fourth-order valence-electron chi connectivity index (χ4n) is 1.39. The summed E-state index contributed by atoms with van der Waals surface area (Å²) in [7, 11) is -1.45. The first-order valence-electron chi connectivity index (χ1n) is 4.95. The summed E-state index contributed by atoms with van der Waals surface area (Å²) in [5.74, 6) is 0.592. The highest BCUT2D eigenvalue weighted by Crippen LogP contribution is 2.23. The molecule has 0 fully saturated rings. The molecule has 5 nitrogen and oxygen atoms in total. The molecule has 1 N–H and O–H groups in total. The monoisotopic (exact) mass is 252 g/mol. The lowest BCUT2D eigenvalue weighted by atomic mass is 10.2. The van der Waals surface area contributed by atoms with E-state index in [9.17, 15) is 8.42 Å². The Bertz CT molecular complexity index is 614. The van der Waals surface area contributed by atoms with E-state index in [1.165, 1.54) is 6.26 Å². The molecule has 2 rings (SSSR count). The molecule has 0 saturated heterocycles. The Kier molecular flexibility index (Phi) is 2.89. The topological polar surface area (TPSA) is 72.2 Å². The quantitative estimate of drug-likeness (QED) is 0.901. The molecule has 17 heavy (non-hydrogen) atoms. The van der Waals surface area contributed by atoms with Crippen molar-refractivity contribution in [1.29, 1.82) is 0 Å². The van der Waals surface area contributed by atoms with Gasteiger partial charge in [-0.1, -0.05) is 0 Å². The first-order valence-corrected chi connectivity index (χ1v) is 6.84. The summed E-state index contributed by atoms with van der Waals surface area (Å²) in [5, 5.41) is 2.78. The Balaban J connectivity index is 2.35. The van der Waals surface area contributed by atoms with Crippen molar-refractivity contribution in [2.24, 2.45) is 0 Å². The van der Waals surface area contributed by atoms with Crippen LogP contribution in [0.2, 0.25) is 0 Å². The number of sulfone groups is 1. The summed E-state index contributed by atoms with van der Waals surface area (Å²) in [5.41, 5.74) is 0.784. The summed E-state index contributed by atoms with van der Waals surface area (Å²) in [6.07, 6.45) is 2.76. The van der Waals surface area contributed by atoms with Crippen molar-refractivity contribution in [2.75, 3.05) is 18.6 Å². The van der Waals surface area contributed by atoms with Crippen LogP contribution in [0, 0.1) is 0 Å². The maximum absolute atomic E-state index is 11.3. The number of nitrogens with zero attached hydrogens (tertiary/aromatic N) is 1. The predicted molar refractivity (Wildman–Crippen MR) is 64.6 cm³/mol. The average molecular weight is 252 g/mol. The van der Waals surface area contributed by atoms with Gasteiger partial charge in [0.15, 0.2) is 15.6 Å². The molecule has 2 aromatic rings. The minimum absolute atomic E-state index is 0.287. The van der Waals surface area contributed by atoms with Gasteiger partial charge in [-0.15, -0.1) is 0 Å². The van der Waals surface area contributed by atoms with Crippen LogP contribution in [0.25, 0.3) is 11.3 Å². The van der Waals surface area contributed by atoms with Crippen LogP contribution in [0.5, 0.6) is 0 Å². The molecule has 6 heteroatoms. The lowest BCUT2D eigenvalue weighted by Crippen LogP contribution is -1.95. The first kappa shape index (κ1) is 11.7. The molecule has 1 aromatic heterocycles. The van der Waals surface area contributed by atoms with Gasteiger partial charge in [0, 0.05) is 18.9 Å². The standard InChI is InChI=1S/C11H12N2O3S/c1-12-11-13-7-10(16-11)8-3-5-9(6-4-8)17(2,14)15/h3-7H,1-2H3,(H,12,13). The summed E-state index contributed by atoms with van der Waals surface area (Å²) in [6, 6.07) is 6.90. The molecule has 0 saturated carbocycles. The zero-order valence-electron chi connectivity index (χ0n) is 9.47. The summed E-state index contributed by atoms with van der Waals surface area (Å²) < 4.78 is 27.9. The van der Waals surface area contributed by atoms with Gasteiger partial charge in [0.25, 0.3) is 6.01 Å². The van der Waals surface area contributed by atoms with Crippen LogP contribution in [-0.2, 0) is 9.84 Å². The summed E-state index contributed by atoms with van der Waals surface area (Å²) in [4.78, 5) is 4.27. The minimum atomic E-state index is -3.16. The van der Waals surface area contributed by atoms with Gasteiger partial charge >= 0.3 is 0 Å². The molecular formula is C11H12N2O3S. The molecule has 0 bridgehead atoms. The number of aromatic nitrogens is 1. The Morgan fingerprint density at radius 3 is 2.35 bits per heavy atom. The van der Waals surface area contributed by atoms with Crippen LogP contribution in [0.4, 0.5) is 6.01 Å². The van der Waals surface area contributed by atoms with Crippen LogP contribution >= 0.6 is 0 Å². The fraction of sp³-hybridized carbons (Fsp3) is 0.182. The van der Waals surface area contributed by atoms with E-state index in [0.717, 1.165) is 5.56 Å². The van der Waals surface area contributed by atoms with Crippen LogP contribution in [0.3, 0.4) is 0 Å². The normalized spacial score (nSPS) is 11.4. The SMILES string of the molecule is CNc1ncc(-c2ccc(S(C)(=O)=O)cc2)o1. The van der Waals surface area contributed by atoms with Crippen molar-refractivity contribution in [3.05, 3.63) is 30.5 Å². The summed E-state index contributed by atoms with van der Waals surface area (Å²) >= 11 is 0. The van der Waals surface area contributed by atoms with Gasteiger partial charge in [0.2, 0.25) is 0 Å². The van der Waals surface area contributed by atoms with E-state index >= 15 is 0 Å². The van der Waals surface area contributed by atoms with Crippen LogP contribution in [0.1, 0.15) is 0 Å². The number of oxazole rings is 1. The largest absolute Gasteiger partial charge is 0.424 e. The van der Waals surface area contributed by atoms with E-state index in [2.05, 4.69) is 10.3 Å². The van der Waals surface area contributed by atoms with Gasteiger partial charge in [-0.2, -0.15) is 0 Å². The zero-order chi connectivity index (χ0) is 12.5.